The quantitative estimate of drug-likeness (QED) is 0.214. The first-order valence-electron chi connectivity index (χ1n) is 5.24. The molecule has 0 unspecified atom stereocenters. The molecule has 0 saturated heterocycles. The molecule has 0 amide bonds. The van der Waals surface area contributed by atoms with E-state index in [0.717, 1.165) is 0 Å². The van der Waals surface area contributed by atoms with Crippen LogP contribution in [0.4, 0.5) is 104 Å². The van der Waals surface area contributed by atoms with Gasteiger partial charge in [0.1, 0.15) is 0 Å². The average molecular weight is 560 g/mol. The van der Waals surface area contributed by atoms with Crippen molar-refractivity contribution < 1.29 is 104 Å². The summed E-state index contributed by atoms with van der Waals surface area (Å²) in [5.74, 6) is 0. The molecule has 0 N–H and O–H groups in total. The minimum atomic E-state index is -6.00. The second-order valence-corrected chi connectivity index (χ2v) is 2.97. The molecule has 0 aliphatic rings. The van der Waals surface area contributed by atoms with Crippen LogP contribution < -0.4 is 0 Å². The Kier molecular flexibility index (Phi) is 31.1. The van der Waals surface area contributed by atoms with Crippen LogP contribution >= 0.6 is 0 Å². The maximum Gasteiger partial charge on any atom is 0.673 e. The minimum Gasteiger partial charge on any atom is -0.418 e. The molecule has 193 valence electrons. The van der Waals surface area contributed by atoms with Crippen molar-refractivity contribution in [1.82, 2.24) is 0 Å². The van der Waals surface area contributed by atoms with Crippen molar-refractivity contribution in [2.24, 2.45) is 0 Å². The van der Waals surface area contributed by atoms with Gasteiger partial charge in [-0.2, -0.15) is 0 Å². The molecule has 0 rings (SSSR count). The van der Waals surface area contributed by atoms with Gasteiger partial charge in [0.15, 0.2) is 0 Å². The number of hydrogen-bond donors (Lipinski definition) is 0. The molecule has 0 aromatic rings. The van der Waals surface area contributed by atoms with Crippen molar-refractivity contribution in [2.75, 3.05) is 0 Å². The maximum absolute atomic E-state index is 9.75. The number of hydrogen-bond acceptors (Lipinski definition) is 0. The van der Waals surface area contributed by atoms with Gasteiger partial charge in [-0.3, -0.25) is 0 Å². The summed E-state index contributed by atoms with van der Waals surface area (Å²) in [6.45, 7) is 0. The van der Waals surface area contributed by atoms with Crippen molar-refractivity contribution in [3.8, 4) is 0 Å². The standard InChI is InChI=1S/6BF4.K/c6*2-1(3,4)5;/q6*-1;. The van der Waals surface area contributed by atoms with Crippen molar-refractivity contribution in [2.45, 2.75) is 0 Å². The van der Waals surface area contributed by atoms with Crippen LogP contribution in [-0.4, -0.2) is 94.9 Å². The number of rotatable bonds is 0. The third-order valence-corrected chi connectivity index (χ3v) is 0. The summed E-state index contributed by atoms with van der Waals surface area (Å²) in [5, 5.41) is 0. The Morgan fingerprint density at radius 3 is 0.161 bits per heavy atom. The molecule has 0 nitrogen and oxygen atoms in total. The molecule has 0 aliphatic heterocycles. The van der Waals surface area contributed by atoms with Gasteiger partial charge >= 0.3 is 43.5 Å². The van der Waals surface area contributed by atoms with Gasteiger partial charge in [-0.1, -0.05) is 0 Å². The molecule has 0 aromatic heterocycles. The van der Waals surface area contributed by atoms with E-state index in [1.54, 1.807) is 0 Å². The van der Waals surface area contributed by atoms with Gasteiger partial charge in [-0.05, 0) is 0 Å². The molecular formula is B6F24K-6. The van der Waals surface area contributed by atoms with Crippen LogP contribution in [0.25, 0.3) is 0 Å². The van der Waals surface area contributed by atoms with E-state index in [1.807, 2.05) is 0 Å². The van der Waals surface area contributed by atoms with Gasteiger partial charge in [0, 0.05) is 51.4 Å². The summed E-state index contributed by atoms with van der Waals surface area (Å²) in [6.07, 6.45) is 0. The van der Waals surface area contributed by atoms with Crippen LogP contribution in [-0.2, 0) is 0 Å². The molecule has 0 spiro atoms. The summed E-state index contributed by atoms with van der Waals surface area (Å²) in [4.78, 5) is 0. The Hall–Kier alpha value is 0.346. The largest absolute Gasteiger partial charge is 0.673 e. The molecule has 0 aliphatic carbocycles. The Labute approximate surface area is 197 Å². The van der Waals surface area contributed by atoms with Crippen LogP contribution in [0.15, 0.2) is 0 Å². The van der Waals surface area contributed by atoms with Crippen molar-refractivity contribution in [3.63, 3.8) is 0 Å². The second kappa shape index (κ2) is 19.8. The van der Waals surface area contributed by atoms with Gasteiger partial charge in [0.2, 0.25) is 0 Å². The molecule has 0 saturated carbocycles. The summed E-state index contributed by atoms with van der Waals surface area (Å²) in [6, 6.07) is 0. The van der Waals surface area contributed by atoms with Gasteiger partial charge in [-0.25, -0.2) is 0 Å². The zero-order valence-electron chi connectivity index (χ0n) is 13.5. The van der Waals surface area contributed by atoms with Crippen LogP contribution in [0, 0.1) is 0 Å². The van der Waals surface area contributed by atoms with Crippen LogP contribution in [0.5, 0.6) is 0 Å². The monoisotopic (exact) mass is 561 g/mol. The smallest absolute Gasteiger partial charge is 0.418 e. The van der Waals surface area contributed by atoms with Gasteiger partial charge in [-0.15, -0.1) is 0 Å². The molecule has 31 heteroatoms. The van der Waals surface area contributed by atoms with E-state index in [-0.39, 0.29) is 51.4 Å². The first-order valence-corrected chi connectivity index (χ1v) is 5.24. The topological polar surface area (TPSA) is 0 Å². The number of halogens is 24. The van der Waals surface area contributed by atoms with Gasteiger partial charge in [0.05, 0.1) is 0 Å². The summed E-state index contributed by atoms with van der Waals surface area (Å²) in [5.41, 5.74) is 0. The molecule has 0 aromatic carbocycles. The third-order valence-electron chi connectivity index (χ3n) is 0. The normalized spacial score (nSPS) is 11.6. The van der Waals surface area contributed by atoms with Crippen LogP contribution in [0.1, 0.15) is 0 Å². The maximum atomic E-state index is 9.75. The van der Waals surface area contributed by atoms with E-state index in [4.69, 9.17) is 0 Å². The summed E-state index contributed by atoms with van der Waals surface area (Å²) in [7, 11) is -36.0. The predicted octanol–water partition coefficient (Wildman–Crippen LogP) is 7.42. The average Bonchev–Trinajstić information content (AvgIpc) is 1.94. The first kappa shape index (κ1) is 48.7. The van der Waals surface area contributed by atoms with E-state index in [9.17, 15) is 104 Å². The van der Waals surface area contributed by atoms with Crippen LogP contribution in [0.3, 0.4) is 0 Å². The molecule has 31 heavy (non-hydrogen) atoms. The second-order valence-electron chi connectivity index (χ2n) is 2.97. The van der Waals surface area contributed by atoms with Crippen molar-refractivity contribution in [3.05, 3.63) is 0 Å². The first-order chi connectivity index (χ1) is 12.0. The summed E-state index contributed by atoms with van der Waals surface area (Å²) >= 11 is 0. The van der Waals surface area contributed by atoms with E-state index in [1.165, 1.54) is 0 Å². The fourth-order valence-corrected chi connectivity index (χ4v) is 0. The molecule has 0 heterocycles. The summed E-state index contributed by atoms with van der Waals surface area (Å²) < 4.78 is 234. The minimum absolute atomic E-state index is 0. The van der Waals surface area contributed by atoms with E-state index in [0.29, 0.717) is 0 Å². The van der Waals surface area contributed by atoms with Gasteiger partial charge < -0.3 is 104 Å². The van der Waals surface area contributed by atoms with Gasteiger partial charge in [0.25, 0.3) is 0 Å². The zero-order valence-corrected chi connectivity index (χ0v) is 16.7. The third kappa shape index (κ3) is 204000. The Balaban J connectivity index is -0.0000000443. The predicted molar refractivity (Wildman–Crippen MR) is 66.9 cm³/mol. The SMILES string of the molecule is F[B-](F)(F)F.F[B-](F)(F)F.F[B-](F)(F)F.F[B-](F)(F)F.F[B-](F)(F)F.F[B-](F)(F)F.[K]. The fraction of sp³-hybridized carbons (Fsp3) is 0. The zero-order chi connectivity index (χ0) is 27.0. The Morgan fingerprint density at radius 2 is 0.161 bits per heavy atom. The molecule has 0 atom stereocenters. The van der Waals surface area contributed by atoms with Crippen molar-refractivity contribution in [1.29, 1.82) is 0 Å². The van der Waals surface area contributed by atoms with E-state index >= 15 is 0 Å². The molecular weight excluding hydrogens is 560 g/mol. The molecule has 0 bridgehead atoms. The van der Waals surface area contributed by atoms with E-state index in [2.05, 4.69) is 0 Å². The Bertz CT molecular complexity index is 214. The van der Waals surface area contributed by atoms with E-state index < -0.39 is 43.5 Å². The Morgan fingerprint density at radius 1 is 0.161 bits per heavy atom. The fourth-order valence-electron chi connectivity index (χ4n) is 0. The van der Waals surface area contributed by atoms with Crippen molar-refractivity contribution >= 4 is 94.9 Å². The van der Waals surface area contributed by atoms with Crippen LogP contribution in [0.2, 0.25) is 0 Å². The molecule has 1 radical (unpaired) electrons. The molecule has 0 fully saturated rings.